The molecule has 7 heteroatoms. The quantitative estimate of drug-likeness (QED) is 0.387. The molecule has 1 aromatic rings. The van der Waals surface area contributed by atoms with Gasteiger partial charge in [0.2, 0.25) is 0 Å². The summed E-state index contributed by atoms with van der Waals surface area (Å²) in [6.45, 7) is 9.79. The number of rotatable bonds is 4. The minimum Gasteiger partial charge on any atom is -0.367 e. The van der Waals surface area contributed by atoms with Crippen molar-refractivity contribution in [2.45, 2.75) is 38.9 Å². The number of hydrogen-bond donors (Lipinski definition) is 1. The summed E-state index contributed by atoms with van der Waals surface area (Å²) in [6, 6.07) is 6.64. The largest absolute Gasteiger partial charge is 0.367 e. The van der Waals surface area contributed by atoms with E-state index in [1.807, 2.05) is 12.1 Å². The number of halogens is 2. The van der Waals surface area contributed by atoms with Gasteiger partial charge in [-0.1, -0.05) is 12.1 Å². The van der Waals surface area contributed by atoms with Gasteiger partial charge >= 0.3 is 0 Å². The van der Waals surface area contributed by atoms with Crippen LogP contribution in [0.1, 0.15) is 38.4 Å². The van der Waals surface area contributed by atoms with Crippen LogP contribution in [0.4, 0.5) is 4.39 Å². The van der Waals surface area contributed by atoms with Crippen molar-refractivity contribution in [2.24, 2.45) is 10.9 Å². The van der Waals surface area contributed by atoms with Crippen LogP contribution in [-0.2, 0) is 4.74 Å². The molecule has 1 N–H and O–H groups in total. The zero-order valence-electron chi connectivity index (χ0n) is 17.2. The molecule has 1 aromatic carbocycles. The monoisotopic (exact) mass is 504 g/mol. The standard InChI is InChI=1S/C21H33FN4O.HI/c1-4-23-21(24-13-17-9-11-25(3)12-10-17)26-14-16(2)27-20(15-26)18-5-7-19(22)8-6-18;/h5-8,16-17,20H,4,9-15H2,1-3H3,(H,23,24);1H. The Morgan fingerprint density at radius 1 is 1.21 bits per heavy atom. The van der Waals surface area contributed by atoms with E-state index < -0.39 is 0 Å². The summed E-state index contributed by atoms with van der Waals surface area (Å²) >= 11 is 0. The van der Waals surface area contributed by atoms with Gasteiger partial charge in [0.15, 0.2) is 5.96 Å². The normalized spacial score (nSPS) is 24.7. The van der Waals surface area contributed by atoms with Gasteiger partial charge in [-0.15, -0.1) is 24.0 Å². The molecule has 0 saturated carbocycles. The van der Waals surface area contributed by atoms with Crippen LogP contribution < -0.4 is 5.32 Å². The van der Waals surface area contributed by atoms with Crippen LogP contribution in [0.15, 0.2) is 29.3 Å². The van der Waals surface area contributed by atoms with Gasteiger partial charge in [0.1, 0.15) is 11.9 Å². The Balaban J connectivity index is 0.00000280. The second-order valence-electron chi connectivity index (χ2n) is 7.83. The number of benzene rings is 1. The lowest BCUT2D eigenvalue weighted by Gasteiger charge is -2.39. The van der Waals surface area contributed by atoms with Gasteiger partial charge in [0.25, 0.3) is 0 Å². The van der Waals surface area contributed by atoms with Gasteiger partial charge in [-0.3, -0.25) is 4.99 Å². The molecule has 28 heavy (non-hydrogen) atoms. The van der Waals surface area contributed by atoms with E-state index in [9.17, 15) is 4.39 Å². The highest BCUT2D eigenvalue weighted by molar-refractivity contribution is 14.0. The molecule has 0 radical (unpaired) electrons. The minimum atomic E-state index is -0.215. The van der Waals surface area contributed by atoms with Crippen molar-refractivity contribution < 1.29 is 9.13 Å². The maximum atomic E-state index is 13.3. The molecule has 2 aliphatic rings. The van der Waals surface area contributed by atoms with Crippen LogP contribution in [0, 0.1) is 11.7 Å². The van der Waals surface area contributed by atoms with E-state index in [4.69, 9.17) is 9.73 Å². The van der Waals surface area contributed by atoms with Crippen molar-refractivity contribution in [1.29, 1.82) is 0 Å². The van der Waals surface area contributed by atoms with E-state index >= 15 is 0 Å². The van der Waals surface area contributed by atoms with Gasteiger partial charge in [0, 0.05) is 19.6 Å². The summed E-state index contributed by atoms with van der Waals surface area (Å²) in [5, 5.41) is 3.45. The molecule has 0 aliphatic carbocycles. The summed E-state index contributed by atoms with van der Waals surface area (Å²) in [5.74, 6) is 1.42. The zero-order valence-corrected chi connectivity index (χ0v) is 19.6. The lowest BCUT2D eigenvalue weighted by atomic mass is 9.97. The van der Waals surface area contributed by atoms with Gasteiger partial charge in [-0.25, -0.2) is 4.39 Å². The number of nitrogens with zero attached hydrogens (tertiary/aromatic N) is 3. The number of ether oxygens (including phenoxy) is 1. The van der Waals surface area contributed by atoms with Gasteiger partial charge in [-0.05, 0) is 70.4 Å². The molecular weight excluding hydrogens is 470 g/mol. The number of guanidine groups is 1. The minimum absolute atomic E-state index is 0. The molecular formula is C21H34FIN4O. The molecule has 0 amide bonds. The fourth-order valence-electron chi connectivity index (χ4n) is 3.87. The van der Waals surface area contributed by atoms with Crippen molar-refractivity contribution >= 4 is 29.9 Å². The molecule has 0 bridgehead atoms. The van der Waals surface area contributed by atoms with E-state index in [1.165, 1.54) is 25.0 Å². The molecule has 2 atom stereocenters. The average molecular weight is 504 g/mol. The summed E-state index contributed by atoms with van der Waals surface area (Å²) in [7, 11) is 2.19. The van der Waals surface area contributed by atoms with E-state index in [0.29, 0.717) is 5.92 Å². The second-order valence-corrected chi connectivity index (χ2v) is 7.83. The topological polar surface area (TPSA) is 40.1 Å². The first-order valence-corrected chi connectivity index (χ1v) is 10.2. The molecule has 2 fully saturated rings. The molecule has 2 heterocycles. The molecule has 0 aromatic heterocycles. The zero-order chi connectivity index (χ0) is 19.2. The number of morpholine rings is 1. The predicted octanol–water partition coefficient (Wildman–Crippen LogP) is 3.51. The fourth-order valence-corrected chi connectivity index (χ4v) is 3.87. The number of piperidine rings is 1. The Labute approximate surface area is 185 Å². The Kier molecular flexibility index (Phi) is 9.43. The molecule has 2 aliphatic heterocycles. The Morgan fingerprint density at radius 2 is 1.89 bits per heavy atom. The van der Waals surface area contributed by atoms with Crippen LogP contribution in [0.25, 0.3) is 0 Å². The van der Waals surface area contributed by atoms with Crippen LogP contribution in [-0.4, -0.2) is 68.2 Å². The lowest BCUT2D eigenvalue weighted by Crippen LogP contribution is -2.51. The maximum Gasteiger partial charge on any atom is 0.194 e. The third kappa shape index (κ3) is 6.56. The third-order valence-electron chi connectivity index (χ3n) is 5.47. The maximum absolute atomic E-state index is 13.3. The summed E-state index contributed by atoms with van der Waals surface area (Å²) < 4.78 is 19.4. The van der Waals surface area contributed by atoms with Crippen LogP contribution in [0.3, 0.4) is 0 Å². The highest BCUT2D eigenvalue weighted by Gasteiger charge is 2.28. The number of likely N-dealkylation sites (tertiary alicyclic amines) is 1. The Hall–Kier alpha value is -0.930. The smallest absolute Gasteiger partial charge is 0.194 e. The van der Waals surface area contributed by atoms with Crippen molar-refractivity contribution in [3.05, 3.63) is 35.6 Å². The number of aliphatic imine (C=N–C) groups is 1. The highest BCUT2D eigenvalue weighted by Crippen LogP contribution is 2.25. The SMILES string of the molecule is CCNC(=NCC1CCN(C)CC1)N1CC(C)OC(c2ccc(F)cc2)C1.I. The summed E-state index contributed by atoms with van der Waals surface area (Å²) in [5.41, 5.74) is 1.01. The lowest BCUT2D eigenvalue weighted by molar-refractivity contribution is -0.0605. The molecule has 2 unspecified atom stereocenters. The molecule has 2 saturated heterocycles. The summed E-state index contributed by atoms with van der Waals surface area (Å²) in [6.07, 6.45) is 2.47. The molecule has 158 valence electrons. The van der Waals surface area contributed by atoms with Crippen molar-refractivity contribution in [3.8, 4) is 0 Å². The number of nitrogens with one attached hydrogen (secondary N) is 1. The predicted molar refractivity (Wildman–Crippen MR) is 123 cm³/mol. The van der Waals surface area contributed by atoms with Crippen molar-refractivity contribution in [1.82, 2.24) is 15.1 Å². The van der Waals surface area contributed by atoms with Gasteiger partial charge in [-0.2, -0.15) is 0 Å². The van der Waals surface area contributed by atoms with Crippen molar-refractivity contribution in [2.75, 3.05) is 46.3 Å². The van der Waals surface area contributed by atoms with Crippen LogP contribution in [0.5, 0.6) is 0 Å². The Bertz CT molecular complexity index is 619. The molecule has 3 rings (SSSR count). The van der Waals surface area contributed by atoms with E-state index in [-0.39, 0.29) is 42.0 Å². The number of hydrogen-bond acceptors (Lipinski definition) is 3. The van der Waals surface area contributed by atoms with E-state index in [1.54, 1.807) is 0 Å². The van der Waals surface area contributed by atoms with Gasteiger partial charge < -0.3 is 19.9 Å². The third-order valence-corrected chi connectivity index (χ3v) is 5.47. The first kappa shape index (κ1) is 23.3. The Morgan fingerprint density at radius 3 is 2.54 bits per heavy atom. The van der Waals surface area contributed by atoms with Gasteiger partial charge in [0.05, 0.1) is 12.6 Å². The first-order chi connectivity index (χ1) is 13.0. The van der Waals surface area contributed by atoms with Crippen molar-refractivity contribution in [3.63, 3.8) is 0 Å². The van der Waals surface area contributed by atoms with E-state index in [2.05, 4.69) is 36.0 Å². The summed E-state index contributed by atoms with van der Waals surface area (Å²) in [4.78, 5) is 9.64. The average Bonchev–Trinajstić information content (AvgIpc) is 2.66. The fraction of sp³-hybridized carbons (Fsp3) is 0.667. The van der Waals surface area contributed by atoms with Crippen LogP contribution in [0.2, 0.25) is 0 Å². The molecule has 5 nitrogen and oxygen atoms in total. The van der Waals surface area contributed by atoms with E-state index in [0.717, 1.165) is 50.8 Å². The van der Waals surface area contributed by atoms with Crippen LogP contribution >= 0.6 is 24.0 Å². The molecule has 0 spiro atoms. The second kappa shape index (κ2) is 11.3. The first-order valence-electron chi connectivity index (χ1n) is 10.2. The highest BCUT2D eigenvalue weighted by atomic mass is 127.